The van der Waals surface area contributed by atoms with Crippen molar-refractivity contribution in [3.8, 4) is 0 Å². The number of nitrogens with one attached hydrogen (secondary N) is 1. The number of nitrogens with zero attached hydrogens (tertiary/aromatic N) is 1. The summed E-state index contributed by atoms with van der Waals surface area (Å²) < 4.78 is 27.1. The third-order valence-corrected chi connectivity index (χ3v) is 6.26. The highest BCUT2D eigenvalue weighted by molar-refractivity contribution is 7.92. The van der Waals surface area contributed by atoms with E-state index >= 15 is 0 Å². The van der Waals surface area contributed by atoms with Gasteiger partial charge in [-0.1, -0.05) is 35.9 Å². The van der Waals surface area contributed by atoms with Crippen LogP contribution in [0.25, 0.3) is 0 Å². The van der Waals surface area contributed by atoms with Crippen LogP contribution in [0.3, 0.4) is 0 Å². The molecule has 5 nitrogen and oxygen atoms in total. The van der Waals surface area contributed by atoms with E-state index in [0.29, 0.717) is 16.9 Å². The third kappa shape index (κ3) is 4.23. The number of rotatable bonds is 6. The molecule has 0 heterocycles. The fourth-order valence-electron chi connectivity index (χ4n) is 2.83. The van der Waals surface area contributed by atoms with Gasteiger partial charge in [0, 0.05) is 17.8 Å². The number of hydrogen-bond acceptors (Lipinski definition) is 3. The zero-order valence-corrected chi connectivity index (χ0v) is 16.6. The number of sulfonamides is 1. The molecule has 0 aromatic heterocycles. The minimum atomic E-state index is -3.66. The molecule has 1 N–H and O–H groups in total. The number of carbonyl (C=O) groups excluding carboxylic acids is 1. The van der Waals surface area contributed by atoms with Gasteiger partial charge in [-0.15, -0.1) is 0 Å². The lowest BCUT2D eigenvalue weighted by atomic mass is 10.1. The first-order valence-electron chi connectivity index (χ1n) is 8.97. The molecule has 3 rings (SSSR count). The maximum absolute atomic E-state index is 12.9. The Morgan fingerprint density at radius 1 is 0.893 bits per heavy atom. The van der Waals surface area contributed by atoms with Gasteiger partial charge in [0.15, 0.2) is 0 Å². The van der Waals surface area contributed by atoms with Crippen LogP contribution in [0.15, 0.2) is 83.8 Å². The Hall–Kier alpha value is -3.12. The number of amides is 1. The number of aryl methyl sites for hydroxylation is 1. The molecule has 0 spiro atoms. The van der Waals surface area contributed by atoms with Crippen molar-refractivity contribution in [1.29, 1.82) is 0 Å². The maximum atomic E-state index is 12.9. The van der Waals surface area contributed by atoms with E-state index < -0.39 is 10.0 Å². The van der Waals surface area contributed by atoms with Gasteiger partial charge >= 0.3 is 0 Å². The van der Waals surface area contributed by atoms with E-state index in [1.54, 1.807) is 61.5 Å². The standard InChI is InChI=1S/C22H22N2O3S/c1-3-24(28(26,27)21-7-5-4-6-8-21)20-15-11-18(12-16-20)22(25)23-19-13-9-17(2)10-14-19/h4-16H,3H2,1-2H3,(H,23,25). The molecule has 3 aromatic rings. The molecule has 0 aliphatic rings. The Morgan fingerprint density at radius 3 is 2.07 bits per heavy atom. The highest BCUT2D eigenvalue weighted by Gasteiger charge is 2.23. The molecular weight excluding hydrogens is 372 g/mol. The smallest absolute Gasteiger partial charge is 0.264 e. The quantitative estimate of drug-likeness (QED) is 0.671. The Bertz CT molecular complexity index is 1050. The lowest BCUT2D eigenvalue weighted by molar-refractivity contribution is 0.102. The summed E-state index contributed by atoms with van der Waals surface area (Å²) >= 11 is 0. The molecule has 0 aliphatic carbocycles. The largest absolute Gasteiger partial charge is 0.322 e. The molecule has 0 aliphatic heterocycles. The van der Waals surface area contributed by atoms with Gasteiger partial charge in [0.2, 0.25) is 0 Å². The van der Waals surface area contributed by atoms with Crippen LogP contribution in [0.2, 0.25) is 0 Å². The molecule has 3 aromatic carbocycles. The van der Waals surface area contributed by atoms with Crippen LogP contribution in [0.1, 0.15) is 22.8 Å². The summed E-state index contributed by atoms with van der Waals surface area (Å²) in [6.45, 7) is 4.04. The van der Waals surface area contributed by atoms with Gasteiger partial charge in [-0.3, -0.25) is 9.10 Å². The molecule has 0 saturated heterocycles. The van der Waals surface area contributed by atoms with Crippen LogP contribution in [-0.2, 0) is 10.0 Å². The van der Waals surface area contributed by atoms with E-state index in [4.69, 9.17) is 0 Å². The summed E-state index contributed by atoms with van der Waals surface area (Å²) in [4.78, 5) is 12.7. The first-order chi connectivity index (χ1) is 13.4. The summed E-state index contributed by atoms with van der Waals surface area (Å²) in [6, 6.07) is 22.4. The SMILES string of the molecule is CCN(c1ccc(C(=O)Nc2ccc(C)cc2)cc1)S(=O)(=O)c1ccccc1. The minimum absolute atomic E-state index is 0.234. The van der Waals surface area contributed by atoms with E-state index in [-0.39, 0.29) is 17.3 Å². The van der Waals surface area contributed by atoms with Gasteiger partial charge in [0.1, 0.15) is 0 Å². The number of benzene rings is 3. The summed E-state index contributed by atoms with van der Waals surface area (Å²) in [5.74, 6) is -0.246. The Morgan fingerprint density at radius 2 is 1.50 bits per heavy atom. The lowest BCUT2D eigenvalue weighted by Crippen LogP contribution is -2.30. The van der Waals surface area contributed by atoms with Gasteiger partial charge in [0.05, 0.1) is 10.6 Å². The Labute approximate surface area is 165 Å². The van der Waals surface area contributed by atoms with E-state index in [2.05, 4.69) is 5.32 Å². The number of anilines is 2. The van der Waals surface area contributed by atoms with Gasteiger partial charge < -0.3 is 5.32 Å². The lowest BCUT2D eigenvalue weighted by Gasteiger charge is -2.23. The first-order valence-corrected chi connectivity index (χ1v) is 10.4. The van der Waals surface area contributed by atoms with Crippen molar-refractivity contribution in [3.63, 3.8) is 0 Å². The first kappa shape index (κ1) is 19.6. The van der Waals surface area contributed by atoms with E-state index in [1.807, 2.05) is 31.2 Å². The van der Waals surface area contributed by atoms with E-state index in [9.17, 15) is 13.2 Å². The Kier molecular flexibility index (Phi) is 5.80. The average Bonchev–Trinajstić information content (AvgIpc) is 2.71. The second kappa shape index (κ2) is 8.27. The van der Waals surface area contributed by atoms with Crippen molar-refractivity contribution in [1.82, 2.24) is 0 Å². The van der Waals surface area contributed by atoms with Crippen molar-refractivity contribution in [3.05, 3.63) is 90.0 Å². The Balaban J connectivity index is 1.80. The molecule has 6 heteroatoms. The topological polar surface area (TPSA) is 66.5 Å². The molecule has 0 atom stereocenters. The molecule has 28 heavy (non-hydrogen) atoms. The van der Waals surface area contributed by atoms with Crippen LogP contribution in [-0.4, -0.2) is 20.9 Å². The van der Waals surface area contributed by atoms with Crippen LogP contribution in [0, 0.1) is 6.92 Å². The molecular formula is C22H22N2O3S. The number of carbonyl (C=O) groups is 1. The van der Waals surface area contributed by atoms with Crippen molar-refractivity contribution >= 4 is 27.3 Å². The van der Waals surface area contributed by atoms with Gasteiger partial charge in [-0.2, -0.15) is 0 Å². The summed E-state index contributed by atoms with van der Waals surface area (Å²) in [6.07, 6.45) is 0. The second-order valence-corrected chi connectivity index (χ2v) is 8.21. The normalized spacial score (nSPS) is 11.1. The zero-order valence-electron chi connectivity index (χ0n) is 15.8. The fourth-order valence-corrected chi connectivity index (χ4v) is 4.32. The van der Waals surface area contributed by atoms with Gasteiger partial charge in [-0.05, 0) is 62.4 Å². The summed E-state index contributed by atoms with van der Waals surface area (Å²) in [7, 11) is -3.66. The predicted octanol–water partition coefficient (Wildman–Crippen LogP) is 4.46. The van der Waals surface area contributed by atoms with Crippen molar-refractivity contribution in [2.45, 2.75) is 18.7 Å². The third-order valence-electron chi connectivity index (χ3n) is 4.35. The molecule has 144 valence electrons. The molecule has 1 amide bonds. The highest BCUT2D eigenvalue weighted by Crippen LogP contribution is 2.24. The highest BCUT2D eigenvalue weighted by atomic mass is 32.2. The fraction of sp³-hybridized carbons (Fsp3) is 0.136. The average molecular weight is 394 g/mol. The van der Waals surface area contributed by atoms with Crippen molar-refractivity contribution < 1.29 is 13.2 Å². The second-order valence-electron chi connectivity index (χ2n) is 6.35. The molecule has 0 bridgehead atoms. The predicted molar refractivity (Wildman–Crippen MR) is 112 cm³/mol. The van der Waals surface area contributed by atoms with Gasteiger partial charge in [-0.25, -0.2) is 8.42 Å². The summed E-state index contributed by atoms with van der Waals surface area (Å²) in [5.41, 5.74) is 2.79. The maximum Gasteiger partial charge on any atom is 0.264 e. The monoisotopic (exact) mass is 394 g/mol. The van der Waals surface area contributed by atoms with Crippen molar-refractivity contribution in [2.24, 2.45) is 0 Å². The van der Waals surface area contributed by atoms with Crippen LogP contribution in [0.4, 0.5) is 11.4 Å². The van der Waals surface area contributed by atoms with Crippen molar-refractivity contribution in [2.75, 3.05) is 16.2 Å². The van der Waals surface area contributed by atoms with Crippen LogP contribution < -0.4 is 9.62 Å². The van der Waals surface area contributed by atoms with E-state index in [1.165, 1.54) is 4.31 Å². The van der Waals surface area contributed by atoms with E-state index in [0.717, 1.165) is 5.56 Å². The van der Waals surface area contributed by atoms with Crippen LogP contribution in [0.5, 0.6) is 0 Å². The molecule has 0 fully saturated rings. The number of hydrogen-bond donors (Lipinski definition) is 1. The summed E-state index contributed by atoms with van der Waals surface area (Å²) in [5, 5.41) is 2.83. The van der Waals surface area contributed by atoms with Gasteiger partial charge in [0.25, 0.3) is 15.9 Å². The molecule has 0 unspecified atom stereocenters. The molecule has 0 saturated carbocycles. The van der Waals surface area contributed by atoms with Crippen LogP contribution >= 0.6 is 0 Å². The zero-order chi connectivity index (χ0) is 20.1. The molecule has 0 radical (unpaired) electrons. The minimum Gasteiger partial charge on any atom is -0.322 e.